The van der Waals surface area contributed by atoms with Crippen LogP contribution >= 0.6 is 38.2 Å². The Morgan fingerprint density at radius 2 is 2.10 bits per heavy atom. The van der Waals surface area contributed by atoms with Crippen LogP contribution in [-0.4, -0.2) is 20.9 Å². The summed E-state index contributed by atoms with van der Waals surface area (Å²) in [4.78, 5) is 11.9. The number of carbonyl (C=O) groups excluding carboxylic acids is 1. The Bertz CT molecular complexity index is 674. The van der Waals surface area contributed by atoms with Crippen LogP contribution in [0.5, 0.6) is 0 Å². The highest BCUT2D eigenvalue weighted by Crippen LogP contribution is 2.36. The summed E-state index contributed by atoms with van der Waals surface area (Å²) in [5, 5.41) is 2.62. The van der Waals surface area contributed by atoms with Crippen LogP contribution in [0.25, 0.3) is 0 Å². The van der Waals surface area contributed by atoms with Gasteiger partial charge in [0.05, 0.1) is 10.6 Å². The number of hydrogen-bond donors (Lipinski definition) is 1. The van der Waals surface area contributed by atoms with Crippen LogP contribution in [0.4, 0.5) is 0 Å². The summed E-state index contributed by atoms with van der Waals surface area (Å²) in [6, 6.07) is 2.75. The molecule has 1 amide bonds. The van der Waals surface area contributed by atoms with Gasteiger partial charge in [-0.2, -0.15) is 0 Å². The van der Waals surface area contributed by atoms with Crippen LogP contribution in [0.1, 0.15) is 30.1 Å². The van der Waals surface area contributed by atoms with Gasteiger partial charge in [0.1, 0.15) is 4.90 Å². The van der Waals surface area contributed by atoms with Crippen LogP contribution in [0.15, 0.2) is 21.5 Å². The summed E-state index contributed by atoms with van der Waals surface area (Å²) in [7, 11) is 1.31. The van der Waals surface area contributed by atoms with Gasteiger partial charge < -0.3 is 5.32 Å². The Morgan fingerprint density at radius 3 is 2.62 bits per heavy atom. The van der Waals surface area contributed by atoms with E-state index in [-0.39, 0.29) is 15.5 Å². The minimum absolute atomic E-state index is 0.0910. The van der Waals surface area contributed by atoms with Crippen LogP contribution < -0.4 is 5.32 Å². The van der Waals surface area contributed by atoms with Gasteiger partial charge in [-0.1, -0.05) is 34.5 Å². The van der Waals surface area contributed by atoms with Crippen molar-refractivity contribution in [3.05, 3.63) is 27.2 Å². The second-order valence-corrected chi connectivity index (χ2v) is 9.06. The van der Waals surface area contributed by atoms with E-state index in [4.69, 9.17) is 22.3 Å². The van der Waals surface area contributed by atoms with E-state index in [1.807, 2.05) is 0 Å². The lowest BCUT2D eigenvalue weighted by Gasteiger charge is -2.13. The predicted molar refractivity (Wildman–Crippen MR) is 86.4 cm³/mol. The van der Waals surface area contributed by atoms with Crippen molar-refractivity contribution in [1.82, 2.24) is 5.32 Å². The third kappa shape index (κ3) is 4.34. The average Bonchev–Trinajstić information content (AvgIpc) is 3.20. The first-order chi connectivity index (χ1) is 9.70. The molecule has 21 heavy (non-hydrogen) atoms. The Morgan fingerprint density at radius 1 is 1.48 bits per heavy atom. The molecular weight excluding hydrogens is 401 g/mol. The van der Waals surface area contributed by atoms with Crippen molar-refractivity contribution in [2.24, 2.45) is 11.8 Å². The normalized spacial score (nSPS) is 16.6. The molecule has 1 unspecified atom stereocenters. The van der Waals surface area contributed by atoms with Gasteiger partial charge in [-0.05, 0) is 36.8 Å². The summed E-state index contributed by atoms with van der Waals surface area (Å²) < 4.78 is 23.4. The molecule has 1 saturated carbocycles. The molecule has 8 heteroatoms. The third-order valence-electron chi connectivity index (χ3n) is 3.52. The molecular formula is C13H14BrCl2NO3S. The monoisotopic (exact) mass is 413 g/mol. The lowest BCUT2D eigenvalue weighted by atomic mass is 10.1. The predicted octanol–water partition coefficient (Wildman–Crippen LogP) is 3.81. The topological polar surface area (TPSA) is 63.2 Å². The first-order valence-corrected chi connectivity index (χ1v) is 9.90. The van der Waals surface area contributed by atoms with Gasteiger partial charge >= 0.3 is 0 Å². The van der Waals surface area contributed by atoms with Crippen molar-refractivity contribution < 1.29 is 13.2 Å². The van der Waals surface area contributed by atoms with Crippen molar-refractivity contribution in [1.29, 1.82) is 0 Å². The molecule has 116 valence electrons. The zero-order valence-corrected chi connectivity index (χ0v) is 15.1. The van der Waals surface area contributed by atoms with E-state index in [2.05, 4.69) is 28.2 Å². The highest BCUT2D eigenvalue weighted by molar-refractivity contribution is 9.10. The van der Waals surface area contributed by atoms with E-state index < -0.39 is 15.0 Å². The maximum atomic E-state index is 12.2. The summed E-state index contributed by atoms with van der Waals surface area (Å²) >= 11 is 9.16. The zero-order valence-electron chi connectivity index (χ0n) is 11.2. The van der Waals surface area contributed by atoms with E-state index >= 15 is 0 Å². The molecule has 0 aliphatic heterocycles. The molecule has 2 rings (SSSR count). The molecule has 1 aromatic rings. The molecule has 0 saturated heterocycles. The minimum atomic E-state index is -4.02. The number of rotatable bonds is 5. The van der Waals surface area contributed by atoms with Gasteiger partial charge in [-0.3, -0.25) is 4.79 Å². The SMILES string of the molecule is CC(CNC(=O)c1cc(Br)cc(S(=O)(=O)Cl)c1Cl)C1CC1. The maximum absolute atomic E-state index is 12.2. The van der Waals surface area contributed by atoms with Gasteiger partial charge in [-0.25, -0.2) is 8.42 Å². The molecule has 1 N–H and O–H groups in total. The highest BCUT2D eigenvalue weighted by atomic mass is 79.9. The second kappa shape index (κ2) is 6.44. The summed E-state index contributed by atoms with van der Waals surface area (Å²) in [6.07, 6.45) is 2.40. The molecule has 0 heterocycles. The highest BCUT2D eigenvalue weighted by Gasteiger charge is 2.28. The van der Waals surface area contributed by atoms with Crippen LogP contribution in [0.3, 0.4) is 0 Å². The average molecular weight is 415 g/mol. The van der Waals surface area contributed by atoms with E-state index in [0.29, 0.717) is 22.9 Å². The molecule has 1 atom stereocenters. The van der Waals surface area contributed by atoms with Gasteiger partial charge in [0.25, 0.3) is 15.0 Å². The quantitative estimate of drug-likeness (QED) is 0.745. The number of nitrogens with one attached hydrogen (secondary N) is 1. The van der Waals surface area contributed by atoms with Crippen molar-refractivity contribution in [2.75, 3.05) is 6.54 Å². The number of benzene rings is 1. The number of hydrogen-bond acceptors (Lipinski definition) is 3. The Hall–Kier alpha value is -0.300. The van der Waals surface area contributed by atoms with Crippen molar-refractivity contribution in [2.45, 2.75) is 24.7 Å². The second-order valence-electron chi connectivity index (χ2n) is 5.23. The van der Waals surface area contributed by atoms with Crippen LogP contribution in [0, 0.1) is 11.8 Å². The number of halogens is 3. The smallest absolute Gasteiger partial charge is 0.262 e. The van der Waals surface area contributed by atoms with Crippen molar-refractivity contribution in [3.8, 4) is 0 Å². The summed E-state index contributed by atoms with van der Waals surface area (Å²) in [6.45, 7) is 2.62. The summed E-state index contributed by atoms with van der Waals surface area (Å²) in [5.41, 5.74) is 0.0910. The lowest BCUT2D eigenvalue weighted by Crippen LogP contribution is -2.29. The molecule has 0 radical (unpaired) electrons. The lowest BCUT2D eigenvalue weighted by molar-refractivity contribution is 0.0946. The largest absolute Gasteiger partial charge is 0.352 e. The van der Waals surface area contributed by atoms with Gasteiger partial charge in [0.15, 0.2) is 0 Å². The van der Waals surface area contributed by atoms with Crippen molar-refractivity contribution in [3.63, 3.8) is 0 Å². The Kier molecular flexibility index (Phi) is 5.23. The molecule has 1 fully saturated rings. The number of carbonyl (C=O) groups is 1. The number of amides is 1. The minimum Gasteiger partial charge on any atom is -0.352 e. The molecule has 0 spiro atoms. The first-order valence-electron chi connectivity index (χ1n) is 6.42. The first kappa shape index (κ1) is 17.1. The van der Waals surface area contributed by atoms with E-state index in [1.165, 1.54) is 25.0 Å². The van der Waals surface area contributed by atoms with Gasteiger partial charge in [0, 0.05) is 21.7 Å². The fourth-order valence-electron chi connectivity index (χ4n) is 2.09. The fourth-order valence-corrected chi connectivity index (χ4v) is 4.27. The van der Waals surface area contributed by atoms with Crippen LogP contribution in [-0.2, 0) is 9.05 Å². The summed E-state index contributed by atoms with van der Waals surface area (Å²) in [5.74, 6) is 0.661. The Balaban J connectivity index is 2.22. The van der Waals surface area contributed by atoms with Gasteiger partial charge in [-0.15, -0.1) is 0 Å². The molecule has 0 aromatic heterocycles. The molecule has 1 aromatic carbocycles. The molecule has 1 aliphatic carbocycles. The van der Waals surface area contributed by atoms with Crippen molar-refractivity contribution >= 4 is 53.2 Å². The fraction of sp³-hybridized carbons (Fsp3) is 0.462. The van der Waals surface area contributed by atoms with Crippen LogP contribution in [0.2, 0.25) is 5.02 Å². The van der Waals surface area contributed by atoms with E-state index in [1.54, 1.807) is 0 Å². The molecule has 4 nitrogen and oxygen atoms in total. The molecule has 1 aliphatic rings. The zero-order chi connectivity index (χ0) is 15.8. The maximum Gasteiger partial charge on any atom is 0.262 e. The van der Waals surface area contributed by atoms with Gasteiger partial charge in [0.2, 0.25) is 0 Å². The van der Waals surface area contributed by atoms with E-state index in [9.17, 15) is 13.2 Å². The Labute approximate surface area is 141 Å². The third-order valence-corrected chi connectivity index (χ3v) is 5.85. The standard InChI is InChI=1S/C13H14BrCl2NO3S/c1-7(8-2-3-8)6-17-13(18)10-4-9(14)5-11(12(10)15)21(16,19)20/h4-5,7-8H,2-3,6H2,1H3,(H,17,18). The van der Waals surface area contributed by atoms with E-state index in [0.717, 1.165) is 0 Å². The molecule has 0 bridgehead atoms.